The number of ether oxygens (including phenoxy) is 1. The van der Waals surface area contributed by atoms with Gasteiger partial charge >= 0.3 is 5.97 Å². The van der Waals surface area contributed by atoms with Crippen LogP contribution in [0, 0.1) is 5.92 Å². The molecule has 0 bridgehead atoms. The molecule has 0 radical (unpaired) electrons. The number of thioether (sulfide) groups is 1. The average Bonchev–Trinajstić information content (AvgIpc) is 2.02. The minimum Gasteiger partial charge on any atom is -0.469 e. The van der Waals surface area contributed by atoms with E-state index >= 15 is 0 Å². The van der Waals surface area contributed by atoms with Gasteiger partial charge in [-0.05, 0) is 0 Å². The first-order chi connectivity index (χ1) is 5.57. The standard InChI is InChI=1S/C7H12F2O2S/c1-5(7(10)11-2)3-12-4-6(8)9/h5-6H,3-4H2,1-2H3. The summed E-state index contributed by atoms with van der Waals surface area (Å²) in [5.74, 6) is -0.492. The van der Waals surface area contributed by atoms with Crippen molar-refractivity contribution in [1.29, 1.82) is 0 Å². The van der Waals surface area contributed by atoms with E-state index in [1.54, 1.807) is 6.92 Å². The topological polar surface area (TPSA) is 26.3 Å². The molecule has 0 spiro atoms. The Labute approximate surface area is 74.7 Å². The van der Waals surface area contributed by atoms with E-state index in [4.69, 9.17) is 0 Å². The lowest BCUT2D eigenvalue weighted by atomic mass is 10.2. The quantitative estimate of drug-likeness (QED) is 0.630. The fourth-order valence-corrected chi connectivity index (χ4v) is 1.41. The number of esters is 1. The third-order valence-electron chi connectivity index (χ3n) is 1.22. The van der Waals surface area contributed by atoms with Gasteiger partial charge in [-0.3, -0.25) is 4.79 Å². The maximum absolute atomic E-state index is 11.6. The van der Waals surface area contributed by atoms with Gasteiger partial charge in [0.15, 0.2) is 0 Å². The van der Waals surface area contributed by atoms with E-state index in [2.05, 4.69) is 4.74 Å². The normalized spacial score (nSPS) is 13.1. The number of carbonyl (C=O) groups is 1. The van der Waals surface area contributed by atoms with E-state index in [1.165, 1.54) is 7.11 Å². The van der Waals surface area contributed by atoms with Gasteiger partial charge in [0.25, 0.3) is 0 Å². The van der Waals surface area contributed by atoms with Gasteiger partial charge in [-0.25, -0.2) is 8.78 Å². The Bertz CT molecular complexity index is 141. The number of alkyl halides is 2. The fraction of sp³-hybridized carbons (Fsp3) is 0.857. The molecule has 2 nitrogen and oxygen atoms in total. The van der Waals surface area contributed by atoms with Gasteiger partial charge in [0.2, 0.25) is 6.43 Å². The van der Waals surface area contributed by atoms with Crippen LogP contribution in [0.1, 0.15) is 6.92 Å². The first-order valence-corrected chi connectivity index (χ1v) is 4.67. The summed E-state index contributed by atoms with van der Waals surface area (Å²) in [7, 11) is 1.29. The molecule has 0 rings (SSSR count). The second kappa shape index (κ2) is 6.22. The zero-order valence-electron chi connectivity index (χ0n) is 7.05. The molecule has 0 saturated carbocycles. The van der Waals surface area contributed by atoms with Gasteiger partial charge in [-0.2, -0.15) is 11.8 Å². The SMILES string of the molecule is COC(=O)C(C)CSCC(F)F. The van der Waals surface area contributed by atoms with Crippen LogP contribution in [0.3, 0.4) is 0 Å². The summed E-state index contributed by atoms with van der Waals surface area (Å²) in [4.78, 5) is 10.8. The summed E-state index contributed by atoms with van der Waals surface area (Å²) in [5, 5.41) is 0. The third kappa shape index (κ3) is 5.35. The molecule has 0 amide bonds. The Hall–Kier alpha value is -0.320. The van der Waals surface area contributed by atoms with Crippen LogP contribution in [0.5, 0.6) is 0 Å². The van der Waals surface area contributed by atoms with Crippen LogP contribution in [0.25, 0.3) is 0 Å². The van der Waals surface area contributed by atoms with Crippen molar-refractivity contribution in [3.05, 3.63) is 0 Å². The van der Waals surface area contributed by atoms with E-state index in [1.807, 2.05) is 0 Å². The third-order valence-corrected chi connectivity index (χ3v) is 2.44. The predicted octanol–water partition coefficient (Wildman–Crippen LogP) is 1.79. The Morgan fingerprint density at radius 2 is 2.08 bits per heavy atom. The molecule has 0 N–H and O–H groups in total. The van der Waals surface area contributed by atoms with Crippen LogP contribution in [0.15, 0.2) is 0 Å². The molecular weight excluding hydrogens is 186 g/mol. The summed E-state index contributed by atoms with van der Waals surface area (Å²) >= 11 is 1.06. The van der Waals surface area contributed by atoms with Gasteiger partial charge in [-0.1, -0.05) is 6.92 Å². The monoisotopic (exact) mass is 198 g/mol. The summed E-state index contributed by atoms with van der Waals surface area (Å²) in [5.41, 5.74) is 0. The number of hydrogen-bond donors (Lipinski definition) is 0. The van der Waals surface area contributed by atoms with Crippen LogP contribution >= 0.6 is 11.8 Å². The summed E-state index contributed by atoms with van der Waals surface area (Å²) < 4.78 is 27.7. The lowest BCUT2D eigenvalue weighted by Crippen LogP contribution is -2.15. The Kier molecular flexibility index (Phi) is 6.06. The van der Waals surface area contributed by atoms with E-state index < -0.39 is 6.43 Å². The van der Waals surface area contributed by atoms with Crippen molar-refractivity contribution in [2.24, 2.45) is 5.92 Å². The number of hydrogen-bond acceptors (Lipinski definition) is 3. The molecule has 0 aromatic carbocycles. The molecule has 0 aliphatic rings. The molecule has 0 aliphatic carbocycles. The molecule has 72 valence electrons. The van der Waals surface area contributed by atoms with Crippen molar-refractivity contribution in [2.45, 2.75) is 13.3 Å². The summed E-state index contributed by atoms with van der Waals surface area (Å²) in [6.45, 7) is 1.66. The summed E-state index contributed by atoms with van der Waals surface area (Å²) in [6.07, 6.45) is -2.31. The molecule has 12 heavy (non-hydrogen) atoms. The number of rotatable bonds is 5. The van der Waals surface area contributed by atoms with Crippen molar-refractivity contribution in [2.75, 3.05) is 18.6 Å². The largest absolute Gasteiger partial charge is 0.469 e. The van der Waals surface area contributed by atoms with Crippen molar-refractivity contribution in [1.82, 2.24) is 0 Å². The van der Waals surface area contributed by atoms with Crippen LogP contribution in [0.4, 0.5) is 8.78 Å². The minimum atomic E-state index is -2.31. The zero-order chi connectivity index (χ0) is 9.56. The second-order valence-corrected chi connectivity index (χ2v) is 3.43. The maximum Gasteiger partial charge on any atom is 0.309 e. The lowest BCUT2D eigenvalue weighted by molar-refractivity contribution is -0.144. The molecule has 1 atom stereocenters. The molecule has 0 saturated heterocycles. The average molecular weight is 198 g/mol. The number of halogens is 2. The Morgan fingerprint density at radius 1 is 1.50 bits per heavy atom. The van der Waals surface area contributed by atoms with Crippen molar-refractivity contribution >= 4 is 17.7 Å². The van der Waals surface area contributed by atoms with Crippen LogP contribution in [-0.4, -0.2) is 31.0 Å². The van der Waals surface area contributed by atoms with Gasteiger partial charge in [0.05, 0.1) is 18.8 Å². The number of methoxy groups -OCH3 is 1. The van der Waals surface area contributed by atoms with Gasteiger partial charge in [-0.15, -0.1) is 0 Å². The highest BCUT2D eigenvalue weighted by Gasteiger charge is 2.13. The van der Waals surface area contributed by atoms with Crippen molar-refractivity contribution < 1.29 is 18.3 Å². The molecule has 0 aromatic heterocycles. The second-order valence-electron chi connectivity index (χ2n) is 2.35. The fourth-order valence-electron chi connectivity index (χ4n) is 0.603. The van der Waals surface area contributed by atoms with E-state index in [-0.39, 0.29) is 17.6 Å². The van der Waals surface area contributed by atoms with E-state index in [9.17, 15) is 13.6 Å². The van der Waals surface area contributed by atoms with Crippen LogP contribution in [-0.2, 0) is 9.53 Å². The molecule has 5 heteroatoms. The van der Waals surface area contributed by atoms with E-state index in [0.717, 1.165) is 11.8 Å². The van der Waals surface area contributed by atoms with Gasteiger partial charge < -0.3 is 4.74 Å². The van der Waals surface area contributed by atoms with Gasteiger partial charge in [0.1, 0.15) is 0 Å². The number of carbonyl (C=O) groups excluding carboxylic acids is 1. The van der Waals surface area contributed by atoms with Crippen molar-refractivity contribution in [3.63, 3.8) is 0 Å². The predicted molar refractivity (Wildman–Crippen MR) is 44.5 cm³/mol. The smallest absolute Gasteiger partial charge is 0.309 e. The minimum absolute atomic E-state index is 0.221. The van der Waals surface area contributed by atoms with Crippen LogP contribution < -0.4 is 0 Å². The first kappa shape index (κ1) is 11.7. The molecule has 0 heterocycles. The molecule has 0 aliphatic heterocycles. The zero-order valence-corrected chi connectivity index (χ0v) is 7.87. The van der Waals surface area contributed by atoms with Crippen LogP contribution in [0.2, 0.25) is 0 Å². The molecule has 0 aromatic rings. The Balaban J connectivity index is 3.43. The summed E-state index contributed by atoms with van der Waals surface area (Å²) in [6, 6.07) is 0. The first-order valence-electron chi connectivity index (χ1n) is 3.51. The highest BCUT2D eigenvalue weighted by molar-refractivity contribution is 7.99. The lowest BCUT2D eigenvalue weighted by Gasteiger charge is -2.07. The van der Waals surface area contributed by atoms with E-state index in [0.29, 0.717) is 5.75 Å². The Morgan fingerprint density at radius 3 is 2.50 bits per heavy atom. The molecule has 1 unspecified atom stereocenters. The van der Waals surface area contributed by atoms with Crippen molar-refractivity contribution in [3.8, 4) is 0 Å². The highest BCUT2D eigenvalue weighted by atomic mass is 32.2. The van der Waals surface area contributed by atoms with Gasteiger partial charge in [0, 0.05) is 5.75 Å². The molecule has 0 fully saturated rings. The highest BCUT2D eigenvalue weighted by Crippen LogP contribution is 2.12. The molecular formula is C7H12F2O2S. The maximum atomic E-state index is 11.6.